The number of benzene rings is 1. The van der Waals surface area contributed by atoms with Crippen LogP contribution in [-0.2, 0) is 17.5 Å². The molecule has 3 nitrogen and oxygen atoms in total. The van der Waals surface area contributed by atoms with Gasteiger partial charge in [0.05, 0.1) is 5.56 Å². The summed E-state index contributed by atoms with van der Waals surface area (Å²) in [6.45, 7) is 2.53. The van der Waals surface area contributed by atoms with Crippen LogP contribution in [0, 0.1) is 30.6 Å². The number of carbonyl (C=O) groups is 1. The van der Waals surface area contributed by atoms with Crippen LogP contribution in [0.4, 0.5) is 13.2 Å². The summed E-state index contributed by atoms with van der Waals surface area (Å²) >= 11 is 0. The number of allylic oxidation sites excluding steroid dienone is 4. The smallest absolute Gasteiger partial charge is 0.416 e. The van der Waals surface area contributed by atoms with Crippen molar-refractivity contribution in [2.45, 2.75) is 45.3 Å². The van der Waals surface area contributed by atoms with Crippen molar-refractivity contribution in [3.63, 3.8) is 0 Å². The molecule has 1 fully saturated rings. The van der Waals surface area contributed by atoms with Gasteiger partial charge < -0.3 is 10.4 Å². The normalized spacial score (nSPS) is 25.9. The van der Waals surface area contributed by atoms with Gasteiger partial charge >= 0.3 is 12.1 Å². The van der Waals surface area contributed by atoms with Gasteiger partial charge in [-0.15, -0.1) is 0 Å². The molecule has 1 aromatic carbocycles. The van der Waals surface area contributed by atoms with Crippen LogP contribution in [0.25, 0.3) is 0 Å². The Kier molecular flexibility index (Phi) is 6.83. The van der Waals surface area contributed by atoms with Crippen LogP contribution in [-0.4, -0.2) is 17.6 Å². The number of alkyl halides is 3. The van der Waals surface area contributed by atoms with E-state index in [2.05, 4.69) is 29.6 Å². The predicted molar refractivity (Wildman–Crippen MR) is 106 cm³/mol. The van der Waals surface area contributed by atoms with Gasteiger partial charge in [-0.2, -0.15) is 13.2 Å². The van der Waals surface area contributed by atoms with Gasteiger partial charge in [-0.3, -0.25) is 4.79 Å². The minimum absolute atomic E-state index is 0.171. The molecule has 4 atom stereocenters. The van der Waals surface area contributed by atoms with Gasteiger partial charge in [0.25, 0.3) is 0 Å². The molecule has 0 aliphatic heterocycles. The van der Waals surface area contributed by atoms with Crippen LogP contribution in [0.5, 0.6) is 0 Å². The van der Waals surface area contributed by atoms with Gasteiger partial charge in [0, 0.05) is 13.0 Å². The molecular formula is C23H28F3NO2. The van der Waals surface area contributed by atoms with Gasteiger partial charge in [0.2, 0.25) is 0 Å². The van der Waals surface area contributed by atoms with E-state index in [0.29, 0.717) is 42.2 Å². The van der Waals surface area contributed by atoms with E-state index in [-0.39, 0.29) is 18.5 Å². The fraction of sp³-hybridized carbons (Fsp3) is 0.522. The summed E-state index contributed by atoms with van der Waals surface area (Å²) in [7, 11) is 0. The molecular weight excluding hydrogens is 379 g/mol. The molecule has 0 spiro atoms. The monoisotopic (exact) mass is 407 g/mol. The SMILES string of the molecule is Cc1ccc(CNC[C@@H]2[C@@H](/C=C\CCCC(=O)O)[C@@H]3C=C[C@H]2C3)c(C(F)(F)F)c1. The fourth-order valence-electron chi connectivity index (χ4n) is 4.64. The van der Waals surface area contributed by atoms with Gasteiger partial charge in [0.15, 0.2) is 0 Å². The number of rotatable bonds is 9. The van der Waals surface area contributed by atoms with Crippen LogP contribution in [0.1, 0.15) is 42.4 Å². The van der Waals surface area contributed by atoms with Crippen molar-refractivity contribution in [1.82, 2.24) is 5.32 Å². The third-order valence-corrected chi connectivity index (χ3v) is 6.07. The molecule has 2 N–H and O–H groups in total. The molecule has 0 unspecified atom stereocenters. The van der Waals surface area contributed by atoms with E-state index in [9.17, 15) is 18.0 Å². The lowest BCUT2D eigenvalue weighted by Gasteiger charge is -2.26. The van der Waals surface area contributed by atoms with Gasteiger partial charge in [0.1, 0.15) is 0 Å². The van der Waals surface area contributed by atoms with E-state index in [1.807, 2.05) is 0 Å². The maximum atomic E-state index is 13.3. The summed E-state index contributed by atoms with van der Waals surface area (Å²) in [4.78, 5) is 10.6. The van der Waals surface area contributed by atoms with Crippen LogP contribution < -0.4 is 5.32 Å². The number of carboxylic acid groups (broad SMARTS) is 1. The summed E-state index contributed by atoms with van der Waals surface area (Å²) in [5.41, 5.74) is 0.322. The van der Waals surface area contributed by atoms with Crippen molar-refractivity contribution in [3.05, 3.63) is 59.2 Å². The zero-order valence-electron chi connectivity index (χ0n) is 16.6. The molecule has 158 valence electrons. The topological polar surface area (TPSA) is 49.3 Å². The summed E-state index contributed by atoms with van der Waals surface area (Å²) in [6.07, 6.45) is 7.01. The van der Waals surface area contributed by atoms with Crippen LogP contribution in [0.2, 0.25) is 0 Å². The summed E-state index contributed by atoms with van der Waals surface area (Å²) in [6, 6.07) is 4.49. The van der Waals surface area contributed by atoms with Gasteiger partial charge in [-0.1, -0.05) is 42.0 Å². The number of carboxylic acids is 1. The van der Waals surface area contributed by atoms with Crippen molar-refractivity contribution in [3.8, 4) is 0 Å². The first kappa shape index (κ1) is 21.6. The number of hydrogen-bond donors (Lipinski definition) is 2. The predicted octanol–water partition coefficient (Wildman–Crippen LogP) is 5.35. The molecule has 0 amide bonds. The molecule has 3 rings (SSSR count). The summed E-state index contributed by atoms with van der Waals surface area (Å²) in [5.74, 6) is 0.884. The Morgan fingerprint density at radius 3 is 2.76 bits per heavy atom. The maximum absolute atomic E-state index is 13.3. The molecule has 1 aromatic rings. The highest BCUT2D eigenvalue weighted by Crippen LogP contribution is 2.48. The van der Waals surface area contributed by atoms with Crippen molar-refractivity contribution in [2.75, 3.05) is 6.54 Å². The van der Waals surface area contributed by atoms with E-state index in [0.717, 1.165) is 12.8 Å². The van der Waals surface area contributed by atoms with Crippen LogP contribution in [0.15, 0.2) is 42.5 Å². The largest absolute Gasteiger partial charge is 0.481 e. The van der Waals surface area contributed by atoms with Gasteiger partial charge in [-0.25, -0.2) is 0 Å². The first-order chi connectivity index (χ1) is 13.8. The number of nitrogens with one attached hydrogen (secondary N) is 1. The molecule has 2 aliphatic carbocycles. The van der Waals surface area contributed by atoms with E-state index in [1.54, 1.807) is 19.1 Å². The van der Waals surface area contributed by atoms with Crippen molar-refractivity contribution < 1.29 is 23.1 Å². The second-order valence-corrected chi connectivity index (χ2v) is 8.19. The second-order valence-electron chi connectivity index (χ2n) is 8.19. The molecule has 6 heteroatoms. The third-order valence-electron chi connectivity index (χ3n) is 6.07. The summed E-state index contributed by atoms with van der Waals surface area (Å²) < 4.78 is 39.9. The zero-order chi connectivity index (χ0) is 21.0. The standard InChI is InChI=1S/C23H28F3NO2/c1-15-7-8-18(21(11-15)23(24,25)26)13-27-14-20-17-10-9-16(12-17)19(20)5-3-2-4-6-22(28)29/h3,5,7-11,16-17,19-20,27H,2,4,6,12-14H2,1H3,(H,28,29)/b5-3-/t16-,17+,19+,20+/m1/s1. The average Bonchev–Trinajstić information content (AvgIpc) is 3.23. The molecule has 2 aliphatic rings. The molecule has 0 saturated heterocycles. The highest BCUT2D eigenvalue weighted by Gasteiger charge is 2.42. The highest BCUT2D eigenvalue weighted by molar-refractivity contribution is 5.66. The van der Waals surface area contributed by atoms with Crippen LogP contribution in [0.3, 0.4) is 0 Å². The Bertz CT molecular complexity index is 785. The number of hydrogen-bond acceptors (Lipinski definition) is 2. The molecule has 29 heavy (non-hydrogen) atoms. The number of unbranched alkanes of at least 4 members (excludes halogenated alkanes) is 1. The lowest BCUT2D eigenvalue weighted by molar-refractivity contribution is -0.138. The number of aliphatic carboxylic acids is 1. The number of fused-ring (bicyclic) bond motifs is 2. The Hall–Kier alpha value is -2.08. The second kappa shape index (κ2) is 9.16. The Labute approximate surface area is 169 Å². The minimum Gasteiger partial charge on any atom is -0.481 e. The summed E-state index contributed by atoms with van der Waals surface area (Å²) in [5, 5.41) is 12.0. The van der Waals surface area contributed by atoms with Crippen LogP contribution >= 0.6 is 0 Å². The molecule has 1 saturated carbocycles. The molecule has 0 heterocycles. The van der Waals surface area contributed by atoms with Crippen molar-refractivity contribution >= 4 is 5.97 Å². The van der Waals surface area contributed by atoms with E-state index in [1.165, 1.54) is 6.07 Å². The third kappa shape index (κ3) is 5.50. The van der Waals surface area contributed by atoms with Crippen molar-refractivity contribution in [2.24, 2.45) is 23.7 Å². The lowest BCUT2D eigenvalue weighted by atomic mass is 9.82. The maximum Gasteiger partial charge on any atom is 0.416 e. The molecule has 0 aromatic heterocycles. The molecule has 0 radical (unpaired) electrons. The Morgan fingerprint density at radius 2 is 2.03 bits per heavy atom. The number of halogens is 3. The van der Waals surface area contributed by atoms with Gasteiger partial charge in [-0.05, 0) is 68.0 Å². The first-order valence-corrected chi connectivity index (χ1v) is 10.2. The van der Waals surface area contributed by atoms with E-state index >= 15 is 0 Å². The lowest BCUT2D eigenvalue weighted by Crippen LogP contribution is -2.30. The quantitative estimate of drug-likeness (QED) is 0.428. The Morgan fingerprint density at radius 1 is 1.28 bits per heavy atom. The first-order valence-electron chi connectivity index (χ1n) is 10.2. The van der Waals surface area contributed by atoms with E-state index in [4.69, 9.17) is 5.11 Å². The number of aryl methyl sites for hydroxylation is 1. The fourth-order valence-corrected chi connectivity index (χ4v) is 4.64. The molecule has 2 bridgehead atoms. The Balaban J connectivity index is 1.58. The minimum atomic E-state index is -4.35. The zero-order valence-corrected chi connectivity index (χ0v) is 16.6. The highest BCUT2D eigenvalue weighted by atomic mass is 19.4. The average molecular weight is 407 g/mol. The van der Waals surface area contributed by atoms with Crippen molar-refractivity contribution in [1.29, 1.82) is 0 Å². The van der Waals surface area contributed by atoms with E-state index < -0.39 is 17.7 Å².